The Morgan fingerprint density at radius 3 is 2.56 bits per heavy atom. The normalized spacial score (nSPS) is 11.3. The number of ether oxygens (including phenoxy) is 1. The molecule has 0 aliphatic carbocycles. The number of hydrogen-bond acceptors (Lipinski definition) is 5. The Hall–Kier alpha value is -1.76. The maximum Gasteiger partial charge on any atom is 0.287 e. The van der Waals surface area contributed by atoms with E-state index in [0.717, 1.165) is 4.68 Å². The van der Waals surface area contributed by atoms with Gasteiger partial charge in [0.2, 0.25) is 0 Å². The standard InChI is InChI=1S/C16H17Cl3N4O2/c1-9(2)8-25-15-11(17)4-10(5-12(15)18)6-20-22-13-7-21-23(3)16(24)14(13)19/h4-7,9,22H,8H2,1-3H3/b20-6-. The van der Waals surface area contributed by atoms with Crippen molar-refractivity contribution < 1.29 is 4.74 Å². The Morgan fingerprint density at radius 1 is 1.32 bits per heavy atom. The van der Waals surface area contributed by atoms with Crippen molar-refractivity contribution in [2.24, 2.45) is 18.1 Å². The Kier molecular flexibility index (Phi) is 6.70. The maximum atomic E-state index is 11.7. The summed E-state index contributed by atoms with van der Waals surface area (Å²) in [4.78, 5) is 11.7. The molecule has 0 unspecified atom stereocenters. The molecule has 6 nitrogen and oxygen atoms in total. The molecule has 0 saturated carbocycles. The smallest absolute Gasteiger partial charge is 0.287 e. The van der Waals surface area contributed by atoms with E-state index in [1.807, 2.05) is 13.8 Å². The number of hydrazone groups is 1. The molecule has 2 aromatic rings. The lowest BCUT2D eigenvalue weighted by atomic mass is 10.2. The molecule has 1 heterocycles. The topological polar surface area (TPSA) is 68.5 Å². The summed E-state index contributed by atoms with van der Waals surface area (Å²) in [7, 11) is 1.51. The van der Waals surface area contributed by atoms with Crippen molar-refractivity contribution in [2.45, 2.75) is 13.8 Å². The number of halogens is 3. The lowest BCUT2D eigenvalue weighted by molar-refractivity contribution is 0.271. The second kappa shape index (κ2) is 8.56. The average Bonchev–Trinajstić information content (AvgIpc) is 2.54. The highest BCUT2D eigenvalue weighted by Crippen LogP contribution is 2.34. The third-order valence-electron chi connectivity index (χ3n) is 3.06. The number of aryl methyl sites for hydroxylation is 1. The van der Waals surface area contributed by atoms with Crippen LogP contribution in [0.5, 0.6) is 5.75 Å². The van der Waals surface area contributed by atoms with Crippen molar-refractivity contribution in [3.05, 3.63) is 49.3 Å². The van der Waals surface area contributed by atoms with Crippen molar-refractivity contribution >= 4 is 46.7 Å². The highest BCUT2D eigenvalue weighted by molar-refractivity contribution is 6.37. The van der Waals surface area contributed by atoms with Gasteiger partial charge in [0.25, 0.3) is 5.56 Å². The summed E-state index contributed by atoms with van der Waals surface area (Å²) in [6, 6.07) is 3.36. The molecule has 0 aliphatic rings. The van der Waals surface area contributed by atoms with Crippen LogP contribution in [0.3, 0.4) is 0 Å². The monoisotopic (exact) mass is 402 g/mol. The van der Waals surface area contributed by atoms with Gasteiger partial charge in [-0.3, -0.25) is 10.2 Å². The second-order valence-corrected chi connectivity index (χ2v) is 6.88. The van der Waals surface area contributed by atoms with Crippen LogP contribution in [0.15, 0.2) is 28.2 Å². The molecule has 0 fully saturated rings. The van der Waals surface area contributed by atoms with E-state index in [0.29, 0.717) is 39.6 Å². The van der Waals surface area contributed by atoms with Crippen LogP contribution in [0.1, 0.15) is 19.4 Å². The van der Waals surface area contributed by atoms with E-state index >= 15 is 0 Å². The molecule has 134 valence electrons. The van der Waals surface area contributed by atoms with Crippen molar-refractivity contribution in [3.8, 4) is 5.75 Å². The van der Waals surface area contributed by atoms with Crippen LogP contribution in [0.4, 0.5) is 5.69 Å². The first kappa shape index (κ1) is 19.6. The SMILES string of the molecule is CC(C)COc1c(Cl)cc(/C=N\Nc2cnn(C)c(=O)c2Cl)cc1Cl. The van der Waals surface area contributed by atoms with Crippen molar-refractivity contribution in [1.29, 1.82) is 0 Å². The quantitative estimate of drug-likeness (QED) is 0.579. The van der Waals surface area contributed by atoms with Gasteiger partial charge in [0, 0.05) is 7.05 Å². The van der Waals surface area contributed by atoms with E-state index in [1.165, 1.54) is 19.5 Å². The molecule has 0 bridgehead atoms. The van der Waals surface area contributed by atoms with Gasteiger partial charge in [0.15, 0.2) is 5.75 Å². The lowest BCUT2D eigenvalue weighted by Gasteiger charge is -2.12. The third-order valence-corrected chi connectivity index (χ3v) is 3.99. The zero-order valence-corrected chi connectivity index (χ0v) is 16.2. The summed E-state index contributed by atoms with van der Waals surface area (Å²) in [6.07, 6.45) is 2.90. The van der Waals surface area contributed by atoms with Gasteiger partial charge in [0.05, 0.1) is 29.1 Å². The first-order valence-corrected chi connectivity index (χ1v) is 8.55. The summed E-state index contributed by atoms with van der Waals surface area (Å²) in [5.74, 6) is 0.801. The lowest BCUT2D eigenvalue weighted by Crippen LogP contribution is -2.20. The minimum Gasteiger partial charge on any atom is -0.490 e. The number of aromatic nitrogens is 2. The van der Waals surface area contributed by atoms with Gasteiger partial charge in [-0.05, 0) is 23.6 Å². The highest BCUT2D eigenvalue weighted by Gasteiger charge is 2.10. The van der Waals surface area contributed by atoms with Gasteiger partial charge in [-0.1, -0.05) is 48.7 Å². The first-order chi connectivity index (χ1) is 11.8. The van der Waals surface area contributed by atoms with Crippen molar-refractivity contribution in [2.75, 3.05) is 12.0 Å². The van der Waals surface area contributed by atoms with Gasteiger partial charge in [-0.2, -0.15) is 10.2 Å². The summed E-state index contributed by atoms with van der Waals surface area (Å²) < 4.78 is 6.74. The molecular formula is C16H17Cl3N4O2. The molecule has 9 heteroatoms. The van der Waals surface area contributed by atoms with Crippen molar-refractivity contribution in [1.82, 2.24) is 9.78 Å². The minimum atomic E-state index is -0.417. The maximum absolute atomic E-state index is 11.7. The summed E-state index contributed by atoms with van der Waals surface area (Å²) in [6.45, 7) is 4.58. The second-order valence-electron chi connectivity index (χ2n) is 5.69. The van der Waals surface area contributed by atoms with Crippen LogP contribution in [0.25, 0.3) is 0 Å². The van der Waals surface area contributed by atoms with E-state index in [-0.39, 0.29) is 5.02 Å². The Labute approximate surface area is 160 Å². The first-order valence-electron chi connectivity index (χ1n) is 7.42. The number of anilines is 1. The fourth-order valence-electron chi connectivity index (χ4n) is 1.81. The molecular weight excluding hydrogens is 387 g/mol. The van der Waals surface area contributed by atoms with Gasteiger partial charge >= 0.3 is 0 Å². The summed E-state index contributed by atoms with van der Waals surface area (Å²) in [5.41, 5.74) is 3.21. The molecule has 0 atom stereocenters. The molecule has 0 spiro atoms. The van der Waals surface area contributed by atoms with E-state index in [4.69, 9.17) is 39.5 Å². The zero-order valence-electron chi connectivity index (χ0n) is 13.9. The molecule has 1 N–H and O–H groups in total. The summed E-state index contributed by atoms with van der Waals surface area (Å²) in [5, 5.41) is 8.67. The van der Waals surface area contributed by atoms with Gasteiger partial charge in [-0.15, -0.1) is 0 Å². The Morgan fingerprint density at radius 2 is 1.96 bits per heavy atom. The minimum absolute atomic E-state index is 0.00291. The van der Waals surface area contributed by atoms with Gasteiger partial charge < -0.3 is 4.74 Å². The fourth-order valence-corrected chi connectivity index (χ4v) is 2.63. The van der Waals surface area contributed by atoms with E-state index in [1.54, 1.807) is 12.1 Å². The van der Waals surface area contributed by atoms with Gasteiger partial charge in [0.1, 0.15) is 10.7 Å². The molecule has 0 radical (unpaired) electrons. The zero-order chi connectivity index (χ0) is 18.6. The number of nitrogens with zero attached hydrogens (tertiary/aromatic N) is 3. The van der Waals surface area contributed by atoms with Gasteiger partial charge in [-0.25, -0.2) is 4.68 Å². The molecule has 2 rings (SSSR count). The average molecular weight is 404 g/mol. The Balaban J connectivity index is 2.14. The van der Waals surface area contributed by atoms with Crippen LogP contribution < -0.4 is 15.7 Å². The fraction of sp³-hybridized carbons (Fsp3) is 0.312. The van der Waals surface area contributed by atoms with Crippen LogP contribution >= 0.6 is 34.8 Å². The highest BCUT2D eigenvalue weighted by atomic mass is 35.5. The van der Waals surface area contributed by atoms with E-state index in [2.05, 4.69) is 15.6 Å². The molecule has 0 aliphatic heterocycles. The molecule has 1 aromatic carbocycles. The van der Waals surface area contributed by atoms with E-state index < -0.39 is 5.56 Å². The number of hydrogen-bond donors (Lipinski definition) is 1. The van der Waals surface area contributed by atoms with Crippen molar-refractivity contribution in [3.63, 3.8) is 0 Å². The van der Waals surface area contributed by atoms with E-state index in [9.17, 15) is 4.79 Å². The van der Waals surface area contributed by atoms with Crippen LogP contribution in [-0.2, 0) is 7.05 Å². The third kappa shape index (κ3) is 5.11. The predicted molar refractivity (Wildman–Crippen MR) is 102 cm³/mol. The molecule has 25 heavy (non-hydrogen) atoms. The number of benzene rings is 1. The largest absolute Gasteiger partial charge is 0.490 e. The van der Waals surface area contributed by atoms with Crippen LogP contribution in [-0.4, -0.2) is 22.6 Å². The number of nitrogens with one attached hydrogen (secondary N) is 1. The number of rotatable bonds is 6. The van der Waals surface area contributed by atoms with Crippen LogP contribution in [0.2, 0.25) is 15.1 Å². The molecule has 1 aromatic heterocycles. The predicted octanol–water partition coefficient (Wildman–Crippen LogP) is 4.22. The Bertz CT molecular complexity index is 827. The molecule has 0 amide bonds. The van der Waals surface area contributed by atoms with Crippen LogP contribution in [0, 0.1) is 5.92 Å². The summed E-state index contributed by atoms with van der Waals surface area (Å²) >= 11 is 18.4. The molecule has 0 saturated heterocycles.